The van der Waals surface area contributed by atoms with Crippen LogP contribution in [0.15, 0.2) is 0 Å². The van der Waals surface area contributed by atoms with E-state index in [9.17, 15) is 0 Å². The summed E-state index contributed by atoms with van der Waals surface area (Å²) in [5, 5.41) is 3.38. The van der Waals surface area contributed by atoms with E-state index in [0.29, 0.717) is 6.10 Å². The monoisotopic (exact) mass is 213 g/mol. The number of hydrogen-bond donors (Lipinski definition) is 1. The quantitative estimate of drug-likeness (QED) is 0.691. The Bertz CT molecular complexity index is 175. The van der Waals surface area contributed by atoms with Gasteiger partial charge in [0.25, 0.3) is 0 Å². The molecule has 0 amide bonds. The number of likely N-dealkylation sites (N-methyl/N-ethyl adjacent to an activating group) is 1. The highest BCUT2D eigenvalue weighted by molar-refractivity contribution is 4.76. The molecule has 2 heterocycles. The average molecular weight is 213 g/mol. The van der Waals surface area contributed by atoms with E-state index in [1.165, 1.54) is 32.7 Å². The molecule has 0 spiro atoms. The van der Waals surface area contributed by atoms with Crippen LogP contribution in [0.25, 0.3) is 0 Å². The Hall–Kier alpha value is -0.160. The molecule has 4 nitrogen and oxygen atoms in total. The number of nitrogens with zero attached hydrogens (tertiary/aromatic N) is 2. The van der Waals surface area contributed by atoms with Gasteiger partial charge in [-0.2, -0.15) is 0 Å². The molecule has 2 aliphatic rings. The molecule has 0 radical (unpaired) electrons. The number of piperazine rings is 1. The summed E-state index contributed by atoms with van der Waals surface area (Å²) in [6.07, 6.45) is 0.409. The fourth-order valence-corrected chi connectivity index (χ4v) is 2.31. The maximum atomic E-state index is 5.72. The lowest BCUT2D eigenvalue weighted by molar-refractivity contribution is -0.00357. The van der Waals surface area contributed by atoms with Crippen molar-refractivity contribution in [2.45, 2.75) is 13.0 Å². The van der Waals surface area contributed by atoms with Crippen molar-refractivity contribution in [3.8, 4) is 0 Å². The van der Waals surface area contributed by atoms with Gasteiger partial charge in [0, 0.05) is 45.8 Å². The second-order valence-corrected chi connectivity index (χ2v) is 4.43. The Morgan fingerprint density at radius 3 is 2.53 bits per heavy atom. The Kier molecular flexibility index (Phi) is 4.38. The van der Waals surface area contributed by atoms with Crippen molar-refractivity contribution in [2.24, 2.45) is 0 Å². The standard InChI is InChI=1S/C11H23N3O/c1-2-13-4-6-14(7-5-13)10-11-9-12-3-8-15-11/h11-12H,2-10H2,1H3. The molecule has 1 N–H and O–H groups in total. The zero-order valence-corrected chi connectivity index (χ0v) is 9.74. The van der Waals surface area contributed by atoms with Crippen LogP contribution in [-0.2, 0) is 4.74 Å². The maximum absolute atomic E-state index is 5.72. The Balaban J connectivity index is 1.67. The van der Waals surface area contributed by atoms with Gasteiger partial charge in [0.1, 0.15) is 0 Å². The molecule has 2 aliphatic heterocycles. The van der Waals surface area contributed by atoms with Crippen LogP contribution in [0.1, 0.15) is 6.92 Å². The lowest BCUT2D eigenvalue weighted by atomic mass is 10.2. The predicted molar refractivity (Wildman–Crippen MR) is 61.2 cm³/mol. The minimum absolute atomic E-state index is 0.409. The van der Waals surface area contributed by atoms with Gasteiger partial charge in [-0.15, -0.1) is 0 Å². The fraction of sp³-hybridized carbons (Fsp3) is 1.00. The Labute approximate surface area is 92.6 Å². The molecule has 88 valence electrons. The molecule has 0 aromatic rings. The highest BCUT2D eigenvalue weighted by atomic mass is 16.5. The molecule has 0 aromatic carbocycles. The SMILES string of the molecule is CCN1CCN(CC2CNCCO2)CC1. The van der Waals surface area contributed by atoms with Crippen molar-refractivity contribution < 1.29 is 4.74 Å². The van der Waals surface area contributed by atoms with Crippen LogP contribution >= 0.6 is 0 Å². The first kappa shape index (κ1) is 11.3. The number of hydrogen-bond acceptors (Lipinski definition) is 4. The molecular weight excluding hydrogens is 190 g/mol. The zero-order chi connectivity index (χ0) is 10.5. The Morgan fingerprint density at radius 1 is 1.20 bits per heavy atom. The van der Waals surface area contributed by atoms with Crippen LogP contribution in [0.2, 0.25) is 0 Å². The van der Waals surface area contributed by atoms with Crippen LogP contribution in [0.5, 0.6) is 0 Å². The number of rotatable bonds is 3. The summed E-state index contributed by atoms with van der Waals surface area (Å²) in [4.78, 5) is 5.04. The fourth-order valence-electron chi connectivity index (χ4n) is 2.31. The van der Waals surface area contributed by atoms with Gasteiger partial charge in [-0.25, -0.2) is 0 Å². The first-order valence-corrected chi connectivity index (χ1v) is 6.15. The molecule has 2 rings (SSSR count). The normalized spacial score (nSPS) is 30.6. The first-order valence-electron chi connectivity index (χ1n) is 6.15. The summed E-state index contributed by atoms with van der Waals surface area (Å²) in [6, 6.07) is 0. The van der Waals surface area contributed by atoms with Crippen LogP contribution in [0.4, 0.5) is 0 Å². The average Bonchev–Trinajstić information content (AvgIpc) is 2.31. The van der Waals surface area contributed by atoms with E-state index in [4.69, 9.17) is 4.74 Å². The van der Waals surface area contributed by atoms with E-state index in [1.807, 2.05) is 0 Å². The van der Waals surface area contributed by atoms with Gasteiger partial charge in [-0.3, -0.25) is 4.90 Å². The van der Waals surface area contributed by atoms with Crippen LogP contribution in [-0.4, -0.2) is 74.9 Å². The van der Waals surface area contributed by atoms with Gasteiger partial charge in [-0.05, 0) is 6.54 Å². The predicted octanol–water partition coefficient (Wildman–Crippen LogP) is -0.388. The minimum atomic E-state index is 0.409. The molecule has 0 aromatic heterocycles. The third kappa shape index (κ3) is 3.41. The Morgan fingerprint density at radius 2 is 1.93 bits per heavy atom. The molecular formula is C11H23N3O. The van der Waals surface area contributed by atoms with E-state index < -0.39 is 0 Å². The van der Waals surface area contributed by atoms with Crippen molar-refractivity contribution in [3.63, 3.8) is 0 Å². The topological polar surface area (TPSA) is 27.7 Å². The van der Waals surface area contributed by atoms with E-state index in [0.717, 1.165) is 26.2 Å². The van der Waals surface area contributed by atoms with Gasteiger partial charge >= 0.3 is 0 Å². The van der Waals surface area contributed by atoms with Crippen molar-refractivity contribution in [3.05, 3.63) is 0 Å². The molecule has 0 saturated carbocycles. The van der Waals surface area contributed by atoms with Crippen LogP contribution in [0, 0.1) is 0 Å². The third-order valence-electron chi connectivity index (χ3n) is 3.38. The molecule has 0 bridgehead atoms. The molecule has 2 saturated heterocycles. The third-order valence-corrected chi connectivity index (χ3v) is 3.38. The second kappa shape index (κ2) is 5.80. The van der Waals surface area contributed by atoms with Gasteiger partial charge in [0.2, 0.25) is 0 Å². The number of morpholine rings is 1. The van der Waals surface area contributed by atoms with Crippen LogP contribution in [0.3, 0.4) is 0 Å². The van der Waals surface area contributed by atoms with E-state index in [2.05, 4.69) is 22.0 Å². The highest BCUT2D eigenvalue weighted by Gasteiger charge is 2.20. The minimum Gasteiger partial charge on any atom is -0.374 e. The van der Waals surface area contributed by atoms with E-state index in [-0.39, 0.29) is 0 Å². The summed E-state index contributed by atoms with van der Waals surface area (Å²) in [5.74, 6) is 0. The molecule has 1 unspecified atom stereocenters. The van der Waals surface area contributed by atoms with Crippen molar-refractivity contribution >= 4 is 0 Å². The number of nitrogens with one attached hydrogen (secondary N) is 1. The summed E-state index contributed by atoms with van der Waals surface area (Å²) in [6.45, 7) is 12.3. The van der Waals surface area contributed by atoms with Crippen molar-refractivity contribution in [1.29, 1.82) is 0 Å². The van der Waals surface area contributed by atoms with E-state index in [1.54, 1.807) is 0 Å². The van der Waals surface area contributed by atoms with Crippen molar-refractivity contribution in [2.75, 3.05) is 59.0 Å². The second-order valence-electron chi connectivity index (χ2n) is 4.43. The lowest BCUT2D eigenvalue weighted by Gasteiger charge is -2.36. The molecule has 4 heteroatoms. The largest absolute Gasteiger partial charge is 0.374 e. The van der Waals surface area contributed by atoms with Gasteiger partial charge in [0.15, 0.2) is 0 Å². The highest BCUT2D eigenvalue weighted by Crippen LogP contribution is 2.05. The van der Waals surface area contributed by atoms with Gasteiger partial charge < -0.3 is 15.0 Å². The maximum Gasteiger partial charge on any atom is 0.0826 e. The smallest absolute Gasteiger partial charge is 0.0826 e. The van der Waals surface area contributed by atoms with E-state index >= 15 is 0 Å². The first-order chi connectivity index (χ1) is 7.38. The van der Waals surface area contributed by atoms with Gasteiger partial charge in [-0.1, -0.05) is 6.92 Å². The molecule has 15 heavy (non-hydrogen) atoms. The van der Waals surface area contributed by atoms with Gasteiger partial charge in [0.05, 0.1) is 12.7 Å². The summed E-state index contributed by atoms with van der Waals surface area (Å²) in [7, 11) is 0. The summed E-state index contributed by atoms with van der Waals surface area (Å²) in [5.41, 5.74) is 0. The summed E-state index contributed by atoms with van der Waals surface area (Å²) < 4.78 is 5.72. The number of ether oxygens (including phenoxy) is 1. The molecule has 0 aliphatic carbocycles. The van der Waals surface area contributed by atoms with Crippen molar-refractivity contribution in [1.82, 2.24) is 15.1 Å². The zero-order valence-electron chi connectivity index (χ0n) is 9.74. The van der Waals surface area contributed by atoms with Crippen LogP contribution < -0.4 is 5.32 Å². The summed E-state index contributed by atoms with van der Waals surface area (Å²) >= 11 is 0. The molecule has 2 fully saturated rings. The lowest BCUT2D eigenvalue weighted by Crippen LogP contribution is -2.51. The molecule has 1 atom stereocenters.